The van der Waals surface area contributed by atoms with Gasteiger partial charge in [0.05, 0.1) is 24.4 Å². The van der Waals surface area contributed by atoms with Crippen LogP contribution in [0.4, 0.5) is 15.0 Å². The minimum absolute atomic E-state index is 0.00327. The van der Waals surface area contributed by atoms with Crippen LogP contribution in [0.15, 0.2) is 30.5 Å². The van der Waals surface area contributed by atoms with Gasteiger partial charge in [-0.1, -0.05) is 17.7 Å². The van der Waals surface area contributed by atoms with Crippen molar-refractivity contribution in [3.63, 3.8) is 0 Å². The van der Waals surface area contributed by atoms with Crippen LogP contribution in [0, 0.1) is 11.2 Å². The van der Waals surface area contributed by atoms with Gasteiger partial charge in [-0.05, 0) is 30.5 Å². The van der Waals surface area contributed by atoms with Crippen molar-refractivity contribution in [2.45, 2.75) is 19.4 Å². The molecule has 1 aromatic carbocycles. The van der Waals surface area contributed by atoms with Gasteiger partial charge in [0, 0.05) is 31.2 Å². The normalized spacial score (nSPS) is 16.1. The molecule has 146 valence electrons. The molecule has 1 aliphatic rings. The van der Waals surface area contributed by atoms with Gasteiger partial charge < -0.3 is 15.2 Å². The summed E-state index contributed by atoms with van der Waals surface area (Å²) in [7, 11) is 0. The maximum Gasteiger partial charge on any atom is 0.320 e. The number of nitrogens with one attached hydrogen (secondary N) is 2. The number of amides is 2. The lowest BCUT2D eigenvalue weighted by Crippen LogP contribution is -2.45. The second kappa shape index (κ2) is 8.69. The number of urea groups is 1. The molecule has 0 unspecified atom stereocenters. The molecule has 0 aliphatic carbocycles. The summed E-state index contributed by atoms with van der Waals surface area (Å²) < 4.78 is 20.5. The van der Waals surface area contributed by atoms with Gasteiger partial charge in [0.1, 0.15) is 11.6 Å². The van der Waals surface area contributed by atoms with E-state index in [1.165, 1.54) is 12.1 Å². The van der Waals surface area contributed by atoms with Gasteiger partial charge in [0.15, 0.2) is 0 Å². The zero-order chi connectivity index (χ0) is 19.3. The van der Waals surface area contributed by atoms with Crippen LogP contribution in [0.2, 0.25) is 5.02 Å². The number of carbonyl (C=O) groups is 1. The first-order valence-corrected chi connectivity index (χ1v) is 9.08. The van der Waals surface area contributed by atoms with E-state index in [1.807, 2.05) is 0 Å². The Bertz CT molecular complexity index is 793. The number of hydrogen-bond acceptors (Lipinski definition) is 4. The Morgan fingerprint density at radius 1 is 1.37 bits per heavy atom. The van der Waals surface area contributed by atoms with Crippen molar-refractivity contribution in [3.05, 3.63) is 46.9 Å². The first kappa shape index (κ1) is 19.6. The highest BCUT2D eigenvalue weighted by atomic mass is 35.5. The Morgan fingerprint density at radius 3 is 2.85 bits per heavy atom. The molecule has 1 aliphatic heterocycles. The van der Waals surface area contributed by atoms with Gasteiger partial charge in [0.2, 0.25) is 0 Å². The minimum Gasteiger partial charge on any atom is -0.396 e. The highest BCUT2D eigenvalue weighted by Crippen LogP contribution is 2.29. The molecule has 9 heteroatoms. The Labute approximate surface area is 161 Å². The molecule has 0 saturated carbocycles. The third kappa shape index (κ3) is 4.97. The number of rotatable bonds is 6. The fourth-order valence-corrected chi connectivity index (χ4v) is 3.12. The predicted octanol–water partition coefficient (Wildman–Crippen LogP) is 2.63. The summed E-state index contributed by atoms with van der Waals surface area (Å²) >= 11 is 5.70. The second-order valence-electron chi connectivity index (χ2n) is 6.70. The molecule has 2 aromatic rings. The maximum atomic E-state index is 13.6. The summed E-state index contributed by atoms with van der Waals surface area (Å²) in [5.41, 5.74) is 0.321. The molecule has 0 atom stereocenters. The van der Waals surface area contributed by atoms with Crippen molar-refractivity contribution in [1.29, 1.82) is 0 Å². The largest absolute Gasteiger partial charge is 0.396 e. The smallest absolute Gasteiger partial charge is 0.320 e. The number of aliphatic hydroxyl groups excluding tert-OH is 1. The van der Waals surface area contributed by atoms with Gasteiger partial charge in [0.25, 0.3) is 0 Å². The van der Waals surface area contributed by atoms with Crippen LogP contribution < -0.4 is 10.6 Å². The predicted molar refractivity (Wildman–Crippen MR) is 99.3 cm³/mol. The van der Waals surface area contributed by atoms with Crippen LogP contribution in [-0.4, -0.2) is 47.3 Å². The molecule has 2 heterocycles. The Balaban J connectivity index is 1.58. The highest BCUT2D eigenvalue weighted by molar-refractivity contribution is 6.30. The van der Waals surface area contributed by atoms with Gasteiger partial charge in [-0.25, -0.2) is 13.9 Å². The van der Waals surface area contributed by atoms with Gasteiger partial charge in [-0.3, -0.25) is 5.32 Å². The Hall–Kier alpha value is -2.16. The first-order valence-electron chi connectivity index (χ1n) is 8.71. The quantitative estimate of drug-likeness (QED) is 0.700. The van der Waals surface area contributed by atoms with E-state index in [4.69, 9.17) is 16.3 Å². The number of hydrogen-bond donors (Lipinski definition) is 3. The third-order valence-corrected chi connectivity index (χ3v) is 5.09. The fraction of sp³-hybridized carbons (Fsp3) is 0.444. The van der Waals surface area contributed by atoms with E-state index >= 15 is 0 Å². The molecule has 1 saturated heterocycles. The SMILES string of the molecule is O=C(NCC1(CO)CCOCC1)Nc1ccnn1Cc1ccc(Cl)c(F)c1. The molecular formula is C18H22ClFN4O3. The standard InChI is InChI=1S/C18H22ClFN4O3/c19-14-2-1-13(9-15(14)20)10-24-16(3-6-22-24)23-17(26)21-11-18(12-25)4-7-27-8-5-18/h1-3,6,9,25H,4-5,7-8,10-12H2,(H2,21,23,26). The number of anilines is 1. The summed E-state index contributed by atoms with van der Waals surface area (Å²) in [5.74, 6) is -0.0211. The van der Waals surface area contributed by atoms with E-state index in [1.54, 1.807) is 23.0 Å². The molecule has 7 nitrogen and oxygen atoms in total. The van der Waals surface area contributed by atoms with Gasteiger partial charge in [-0.2, -0.15) is 5.10 Å². The average Bonchev–Trinajstić information content (AvgIpc) is 3.10. The van der Waals surface area contributed by atoms with Crippen LogP contribution in [0.25, 0.3) is 0 Å². The molecule has 1 aromatic heterocycles. The van der Waals surface area contributed by atoms with Crippen LogP contribution >= 0.6 is 11.6 Å². The maximum absolute atomic E-state index is 13.6. The van der Waals surface area contributed by atoms with Crippen LogP contribution in [-0.2, 0) is 11.3 Å². The Morgan fingerprint density at radius 2 is 2.15 bits per heavy atom. The van der Waals surface area contributed by atoms with Crippen LogP contribution in [0.1, 0.15) is 18.4 Å². The van der Waals surface area contributed by atoms with E-state index in [2.05, 4.69) is 15.7 Å². The van der Waals surface area contributed by atoms with Crippen molar-refractivity contribution >= 4 is 23.4 Å². The second-order valence-corrected chi connectivity index (χ2v) is 7.11. The van der Waals surface area contributed by atoms with E-state index in [-0.39, 0.29) is 23.6 Å². The van der Waals surface area contributed by atoms with Crippen molar-refractivity contribution in [2.75, 3.05) is 31.7 Å². The van der Waals surface area contributed by atoms with Crippen molar-refractivity contribution in [3.8, 4) is 0 Å². The summed E-state index contributed by atoms with van der Waals surface area (Å²) in [5, 5.41) is 19.4. The minimum atomic E-state index is -0.501. The molecule has 0 spiro atoms. The molecule has 3 rings (SSSR count). The number of halogens is 2. The zero-order valence-electron chi connectivity index (χ0n) is 14.8. The van der Waals surface area contributed by atoms with E-state index in [0.717, 1.165) is 0 Å². The third-order valence-electron chi connectivity index (χ3n) is 4.79. The first-order chi connectivity index (χ1) is 13.0. The lowest BCUT2D eigenvalue weighted by Gasteiger charge is -2.35. The monoisotopic (exact) mass is 396 g/mol. The molecule has 27 heavy (non-hydrogen) atoms. The lowest BCUT2D eigenvalue weighted by atomic mass is 9.81. The summed E-state index contributed by atoms with van der Waals surface area (Å²) in [4.78, 5) is 12.3. The van der Waals surface area contributed by atoms with E-state index < -0.39 is 11.8 Å². The van der Waals surface area contributed by atoms with Crippen molar-refractivity contribution in [1.82, 2.24) is 15.1 Å². The number of aromatic nitrogens is 2. The molecule has 1 fully saturated rings. The van der Waals surface area contributed by atoms with E-state index in [0.29, 0.717) is 44.0 Å². The van der Waals surface area contributed by atoms with Crippen molar-refractivity contribution in [2.24, 2.45) is 5.41 Å². The summed E-state index contributed by atoms with van der Waals surface area (Å²) in [6.07, 6.45) is 2.95. The summed E-state index contributed by atoms with van der Waals surface area (Å²) in [6.45, 7) is 1.79. The van der Waals surface area contributed by atoms with Gasteiger partial charge in [-0.15, -0.1) is 0 Å². The topological polar surface area (TPSA) is 88.4 Å². The molecule has 0 radical (unpaired) electrons. The van der Waals surface area contributed by atoms with Gasteiger partial charge >= 0.3 is 6.03 Å². The lowest BCUT2D eigenvalue weighted by molar-refractivity contribution is -0.0137. The van der Waals surface area contributed by atoms with Crippen LogP contribution in [0.3, 0.4) is 0 Å². The fourth-order valence-electron chi connectivity index (χ4n) is 3.00. The number of ether oxygens (including phenoxy) is 1. The molecular weight excluding hydrogens is 375 g/mol. The number of nitrogens with zero attached hydrogens (tertiary/aromatic N) is 2. The zero-order valence-corrected chi connectivity index (χ0v) is 15.5. The summed E-state index contributed by atoms with van der Waals surface area (Å²) in [6, 6.07) is 5.79. The Kier molecular flexibility index (Phi) is 6.30. The average molecular weight is 397 g/mol. The van der Waals surface area contributed by atoms with E-state index in [9.17, 15) is 14.3 Å². The number of aliphatic hydroxyl groups is 1. The van der Waals surface area contributed by atoms with Crippen molar-refractivity contribution < 1.29 is 19.0 Å². The molecule has 2 amide bonds. The number of carbonyl (C=O) groups excluding carboxylic acids is 1. The van der Waals surface area contributed by atoms with Crippen LogP contribution in [0.5, 0.6) is 0 Å². The number of benzene rings is 1. The highest BCUT2D eigenvalue weighted by Gasteiger charge is 2.32. The molecule has 3 N–H and O–H groups in total. The molecule has 0 bridgehead atoms.